The molecular weight excluding hydrogens is 234 g/mol. The SMILES string of the molecule is CCCNCC1CCCCC1c1ccc(OC)cc1. The Morgan fingerprint density at radius 3 is 2.58 bits per heavy atom. The Labute approximate surface area is 117 Å². The van der Waals surface area contributed by atoms with Crippen molar-refractivity contribution in [1.82, 2.24) is 5.32 Å². The Bertz CT molecular complexity index is 360. The van der Waals surface area contributed by atoms with Crippen molar-refractivity contribution in [3.05, 3.63) is 29.8 Å². The second-order valence-electron chi connectivity index (χ2n) is 5.63. The van der Waals surface area contributed by atoms with Crippen LogP contribution in [0.4, 0.5) is 0 Å². The van der Waals surface area contributed by atoms with E-state index in [1.807, 2.05) is 0 Å². The molecule has 0 spiro atoms. The fraction of sp³-hybridized carbons (Fsp3) is 0.647. The number of rotatable bonds is 6. The third-order valence-electron chi connectivity index (χ3n) is 4.29. The standard InChI is InChI=1S/C17H27NO/c1-3-12-18-13-15-6-4-5-7-17(15)14-8-10-16(19-2)11-9-14/h8-11,15,17-18H,3-7,12-13H2,1-2H3. The van der Waals surface area contributed by atoms with Crippen LogP contribution in [0.3, 0.4) is 0 Å². The lowest BCUT2D eigenvalue weighted by Gasteiger charge is -2.32. The average molecular weight is 261 g/mol. The average Bonchev–Trinajstić information content (AvgIpc) is 2.48. The van der Waals surface area contributed by atoms with Crippen molar-refractivity contribution in [3.63, 3.8) is 0 Å². The van der Waals surface area contributed by atoms with Gasteiger partial charge in [0.2, 0.25) is 0 Å². The summed E-state index contributed by atoms with van der Waals surface area (Å²) in [5, 5.41) is 3.60. The minimum atomic E-state index is 0.726. The molecule has 0 amide bonds. The first-order valence-corrected chi connectivity index (χ1v) is 7.69. The molecule has 0 aliphatic heterocycles. The zero-order valence-electron chi connectivity index (χ0n) is 12.3. The van der Waals surface area contributed by atoms with Crippen LogP contribution in [0.1, 0.15) is 50.5 Å². The van der Waals surface area contributed by atoms with Gasteiger partial charge >= 0.3 is 0 Å². The molecule has 1 aliphatic carbocycles. The van der Waals surface area contributed by atoms with E-state index in [1.54, 1.807) is 7.11 Å². The Kier molecular flexibility index (Phi) is 5.71. The highest BCUT2D eigenvalue weighted by atomic mass is 16.5. The van der Waals surface area contributed by atoms with Crippen LogP contribution in [0.15, 0.2) is 24.3 Å². The minimum Gasteiger partial charge on any atom is -0.497 e. The summed E-state index contributed by atoms with van der Waals surface area (Å²) in [5.41, 5.74) is 1.49. The number of nitrogens with one attached hydrogen (secondary N) is 1. The lowest BCUT2D eigenvalue weighted by atomic mass is 9.75. The summed E-state index contributed by atoms with van der Waals surface area (Å²) in [5.74, 6) is 2.48. The third kappa shape index (κ3) is 3.97. The predicted molar refractivity (Wildman–Crippen MR) is 80.9 cm³/mol. The fourth-order valence-electron chi connectivity index (χ4n) is 3.21. The number of hydrogen-bond acceptors (Lipinski definition) is 2. The van der Waals surface area contributed by atoms with Gasteiger partial charge < -0.3 is 10.1 Å². The van der Waals surface area contributed by atoms with Crippen LogP contribution in [-0.2, 0) is 0 Å². The van der Waals surface area contributed by atoms with Crippen molar-refractivity contribution in [2.24, 2.45) is 5.92 Å². The van der Waals surface area contributed by atoms with E-state index < -0.39 is 0 Å². The molecule has 106 valence electrons. The quantitative estimate of drug-likeness (QED) is 0.782. The molecule has 1 aromatic rings. The Balaban J connectivity index is 2.00. The molecule has 2 atom stereocenters. The highest BCUT2D eigenvalue weighted by molar-refractivity contribution is 5.30. The molecule has 1 saturated carbocycles. The minimum absolute atomic E-state index is 0.726. The van der Waals surface area contributed by atoms with E-state index in [9.17, 15) is 0 Å². The zero-order valence-corrected chi connectivity index (χ0v) is 12.3. The van der Waals surface area contributed by atoms with Crippen molar-refractivity contribution in [2.45, 2.75) is 44.9 Å². The van der Waals surface area contributed by atoms with Crippen LogP contribution < -0.4 is 10.1 Å². The van der Waals surface area contributed by atoms with Crippen molar-refractivity contribution in [2.75, 3.05) is 20.2 Å². The molecule has 2 unspecified atom stereocenters. The topological polar surface area (TPSA) is 21.3 Å². The number of benzene rings is 1. The normalized spacial score (nSPS) is 23.3. The molecule has 1 aromatic carbocycles. The number of ether oxygens (including phenoxy) is 1. The maximum Gasteiger partial charge on any atom is 0.118 e. The first-order valence-electron chi connectivity index (χ1n) is 7.69. The van der Waals surface area contributed by atoms with Gasteiger partial charge in [-0.15, -0.1) is 0 Å². The monoisotopic (exact) mass is 261 g/mol. The molecule has 0 bridgehead atoms. The third-order valence-corrected chi connectivity index (χ3v) is 4.29. The largest absolute Gasteiger partial charge is 0.497 e. The van der Waals surface area contributed by atoms with Gasteiger partial charge in [0.15, 0.2) is 0 Å². The van der Waals surface area contributed by atoms with Gasteiger partial charge in [-0.2, -0.15) is 0 Å². The van der Waals surface area contributed by atoms with Crippen molar-refractivity contribution < 1.29 is 4.74 Å². The van der Waals surface area contributed by atoms with Gasteiger partial charge in [-0.3, -0.25) is 0 Å². The summed E-state index contributed by atoms with van der Waals surface area (Å²) in [7, 11) is 1.73. The van der Waals surface area contributed by atoms with E-state index in [2.05, 4.69) is 36.5 Å². The summed E-state index contributed by atoms with van der Waals surface area (Å²) >= 11 is 0. The summed E-state index contributed by atoms with van der Waals surface area (Å²) in [6, 6.07) is 8.70. The lowest BCUT2D eigenvalue weighted by Crippen LogP contribution is -2.30. The van der Waals surface area contributed by atoms with Crippen molar-refractivity contribution in [3.8, 4) is 5.75 Å². The summed E-state index contributed by atoms with van der Waals surface area (Å²) in [4.78, 5) is 0. The van der Waals surface area contributed by atoms with Crippen molar-refractivity contribution in [1.29, 1.82) is 0 Å². The molecule has 2 nitrogen and oxygen atoms in total. The first-order chi connectivity index (χ1) is 9.35. The number of hydrogen-bond donors (Lipinski definition) is 1. The maximum absolute atomic E-state index is 5.25. The van der Waals surface area contributed by atoms with Gasteiger partial charge in [-0.1, -0.05) is 31.9 Å². The van der Waals surface area contributed by atoms with E-state index in [0.29, 0.717) is 0 Å². The van der Waals surface area contributed by atoms with Crippen LogP contribution in [0.5, 0.6) is 5.75 Å². The lowest BCUT2D eigenvalue weighted by molar-refractivity contribution is 0.296. The Hall–Kier alpha value is -1.02. The fourth-order valence-corrected chi connectivity index (χ4v) is 3.21. The molecule has 19 heavy (non-hydrogen) atoms. The number of methoxy groups -OCH3 is 1. The summed E-state index contributed by atoms with van der Waals surface area (Å²) in [6.07, 6.45) is 6.70. The molecular formula is C17H27NO. The second kappa shape index (κ2) is 7.54. The van der Waals surface area contributed by atoms with E-state index in [-0.39, 0.29) is 0 Å². The molecule has 1 aliphatic rings. The Morgan fingerprint density at radius 2 is 1.89 bits per heavy atom. The maximum atomic E-state index is 5.25. The summed E-state index contributed by atoms with van der Waals surface area (Å²) < 4.78 is 5.25. The van der Waals surface area contributed by atoms with E-state index in [0.717, 1.165) is 24.1 Å². The molecule has 0 radical (unpaired) electrons. The molecule has 0 heterocycles. The van der Waals surface area contributed by atoms with Crippen LogP contribution in [0, 0.1) is 5.92 Å². The first kappa shape index (κ1) is 14.4. The van der Waals surface area contributed by atoms with Gasteiger partial charge in [0, 0.05) is 0 Å². The molecule has 0 saturated heterocycles. The van der Waals surface area contributed by atoms with Crippen LogP contribution in [0.25, 0.3) is 0 Å². The second-order valence-corrected chi connectivity index (χ2v) is 5.63. The van der Waals surface area contributed by atoms with Crippen LogP contribution >= 0.6 is 0 Å². The van der Waals surface area contributed by atoms with Crippen molar-refractivity contribution >= 4 is 0 Å². The van der Waals surface area contributed by atoms with Gasteiger partial charge in [-0.05, 0) is 61.9 Å². The molecule has 1 N–H and O–H groups in total. The molecule has 2 rings (SSSR count). The van der Waals surface area contributed by atoms with Gasteiger partial charge in [0.1, 0.15) is 5.75 Å². The zero-order chi connectivity index (χ0) is 13.5. The van der Waals surface area contributed by atoms with Crippen LogP contribution in [0.2, 0.25) is 0 Å². The van der Waals surface area contributed by atoms with Crippen LogP contribution in [-0.4, -0.2) is 20.2 Å². The van der Waals surface area contributed by atoms with E-state index in [1.165, 1.54) is 44.2 Å². The summed E-state index contributed by atoms with van der Waals surface area (Å²) in [6.45, 7) is 4.55. The predicted octanol–water partition coefficient (Wildman–Crippen LogP) is 3.97. The molecule has 2 heteroatoms. The smallest absolute Gasteiger partial charge is 0.118 e. The highest BCUT2D eigenvalue weighted by Crippen LogP contribution is 2.37. The Morgan fingerprint density at radius 1 is 1.16 bits per heavy atom. The van der Waals surface area contributed by atoms with Gasteiger partial charge in [0.25, 0.3) is 0 Å². The molecule has 0 aromatic heterocycles. The van der Waals surface area contributed by atoms with Gasteiger partial charge in [-0.25, -0.2) is 0 Å². The van der Waals surface area contributed by atoms with E-state index in [4.69, 9.17) is 4.74 Å². The van der Waals surface area contributed by atoms with Gasteiger partial charge in [0.05, 0.1) is 7.11 Å². The van der Waals surface area contributed by atoms with E-state index >= 15 is 0 Å². The molecule has 1 fully saturated rings. The highest BCUT2D eigenvalue weighted by Gasteiger charge is 2.25.